The summed E-state index contributed by atoms with van der Waals surface area (Å²) in [5.41, 5.74) is 4.00. The summed E-state index contributed by atoms with van der Waals surface area (Å²) >= 11 is 6.66. The van der Waals surface area contributed by atoms with Crippen molar-refractivity contribution in [3.63, 3.8) is 0 Å². The lowest BCUT2D eigenvalue weighted by atomic mass is 9.98. The number of aromatic nitrogens is 7. The minimum Gasteiger partial charge on any atom is -0.618 e. The summed E-state index contributed by atoms with van der Waals surface area (Å²) in [7, 11) is 0. The van der Waals surface area contributed by atoms with Crippen LogP contribution < -0.4 is 4.73 Å². The topological polar surface area (TPSA) is 140 Å². The van der Waals surface area contributed by atoms with Gasteiger partial charge >= 0.3 is 5.91 Å². The van der Waals surface area contributed by atoms with Gasteiger partial charge in [0.1, 0.15) is 5.82 Å². The molecule has 1 amide bonds. The third-order valence-electron chi connectivity index (χ3n) is 7.70. The van der Waals surface area contributed by atoms with Crippen LogP contribution in [0.4, 0.5) is 0 Å². The molecule has 2 N–H and O–H groups in total. The predicted molar refractivity (Wildman–Crippen MR) is 167 cm³/mol. The highest BCUT2D eigenvalue weighted by atomic mass is 35.5. The molecule has 12 heteroatoms. The van der Waals surface area contributed by atoms with Gasteiger partial charge in [-0.1, -0.05) is 73.5 Å². The Balaban J connectivity index is 1.50. The Morgan fingerprint density at radius 1 is 1.05 bits per heavy atom. The first kappa shape index (κ1) is 30.8. The van der Waals surface area contributed by atoms with E-state index >= 15 is 0 Å². The van der Waals surface area contributed by atoms with Gasteiger partial charge in [-0.3, -0.25) is 4.79 Å². The number of aliphatic hydroxyl groups is 1. The zero-order valence-corrected chi connectivity index (χ0v) is 25.7. The monoisotopic (exact) mass is 614 g/mol. The van der Waals surface area contributed by atoms with Crippen LogP contribution in [0.25, 0.3) is 22.5 Å². The number of amides is 1. The lowest BCUT2D eigenvalue weighted by molar-refractivity contribution is -0.620. The molecule has 1 atom stereocenters. The average Bonchev–Trinajstić information content (AvgIpc) is 3.69. The SMILES string of the molecule is CCCCc1nc(Cl)c(C(O)c2cccc(C(=O)N(CC)CC)[n+]2[O-])n1Cc1ccc(-c2ccccc2-c2nn[nH]n2)cc1. The van der Waals surface area contributed by atoms with Crippen LogP contribution in [0.5, 0.6) is 0 Å². The normalized spacial score (nSPS) is 11.9. The lowest BCUT2D eigenvalue weighted by Crippen LogP contribution is -2.45. The zero-order valence-electron chi connectivity index (χ0n) is 24.9. The molecule has 0 spiro atoms. The summed E-state index contributed by atoms with van der Waals surface area (Å²) in [5.74, 6) is 0.823. The van der Waals surface area contributed by atoms with E-state index in [2.05, 4.69) is 32.5 Å². The molecular formula is C32H35ClN8O3. The van der Waals surface area contributed by atoms with Crippen molar-refractivity contribution in [2.24, 2.45) is 0 Å². The fourth-order valence-corrected chi connectivity index (χ4v) is 5.61. The molecule has 0 aliphatic rings. The van der Waals surface area contributed by atoms with E-state index in [1.165, 1.54) is 12.1 Å². The van der Waals surface area contributed by atoms with Crippen LogP contribution in [0.2, 0.25) is 5.15 Å². The molecule has 3 heterocycles. The van der Waals surface area contributed by atoms with E-state index in [0.29, 0.717) is 48.1 Å². The van der Waals surface area contributed by atoms with Crippen molar-refractivity contribution in [1.29, 1.82) is 0 Å². The largest absolute Gasteiger partial charge is 0.618 e. The Kier molecular flexibility index (Phi) is 9.66. The number of carbonyl (C=O) groups is 1. The van der Waals surface area contributed by atoms with Crippen molar-refractivity contribution >= 4 is 17.5 Å². The molecular weight excluding hydrogens is 580 g/mol. The van der Waals surface area contributed by atoms with Crippen LogP contribution in [0.1, 0.15) is 73.0 Å². The van der Waals surface area contributed by atoms with E-state index in [1.807, 2.05) is 66.9 Å². The molecule has 44 heavy (non-hydrogen) atoms. The van der Waals surface area contributed by atoms with E-state index in [0.717, 1.165) is 35.1 Å². The number of nitrogens with zero attached hydrogens (tertiary/aromatic N) is 7. The number of unbranched alkanes of at least 4 members (excludes halogenated alkanes) is 1. The second-order valence-corrected chi connectivity index (χ2v) is 10.7. The minimum absolute atomic E-state index is 0.00141. The van der Waals surface area contributed by atoms with Gasteiger partial charge in [-0.25, -0.2) is 4.98 Å². The third kappa shape index (κ3) is 6.20. The number of aliphatic hydroxyl groups excluding tert-OH is 1. The number of carbonyl (C=O) groups excluding carboxylic acids is 1. The van der Waals surface area contributed by atoms with Gasteiger partial charge in [-0.05, 0) is 48.2 Å². The van der Waals surface area contributed by atoms with E-state index in [9.17, 15) is 15.1 Å². The van der Waals surface area contributed by atoms with Gasteiger partial charge in [0.2, 0.25) is 11.5 Å². The molecule has 0 saturated heterocycles. The maximum absolute atomic E-state index is 13.4. The summed E-state index contributed by atoms with van der Waals surface area (Å²) in [4.78, 5) is 19.2. The van der Waals surface area contributed by atoms with Crippen molar-refractivity contribution in [2.45, 2.75) is 52.7 Å². The van der Waals surface area contributed by atoms with E-state index in [4.69, 9.17) is 11.6 Å². The van der Waals surface area contributed by atoms with Gasteiger partial charge in [0.05, 0.1) is 5.69 Å². The number of tetrazole rings is 1. The molecule has 0 bridgehead atoms. The number of benzene rings is 2. The molecule has 0 fully saturated rings. The van der Waals surface area contributed by atoms with Crippen molar-refractivity contribution in [1.82, 2.24) is 35.1 Å². The number of aryl methyl sites for hydroxylation is 1. The number of imidazole rings is 1. The van der Waals surface area contributed by atoms with Crippen LogP contribution >= 0.6 is 11.6 Å². The molecule has 1 unspecified atom stereocenters. The molecule has 3 aromatic heterocycles. The van der Waals surface area contributed by atoms with Gasteiger partial charge in [-0.15, -0.1) is 10.2 Å². The average molecular weight is 615 g/mol. The zero-order chi connectivity index (χ0) is 31.2. The second kappa shape index (κ2) is 13.8. The molecule has 0 saturated carbocycles. The Morgan fingerprint density at radius 3 is 2.43 bits per heavy atom. The van der Waals surface area contributed by atoms with Gasteiger partial charge in [-0.2, -0.15) is 9.94 Å². The summed E-state index contributed by atoms with van der Waals surface area (Å²) in [5, 5.41) is 39.6. The van der Waals surface area contributed by atoms with Crippen molar-refractivity contribution < 1.29 is 14.6 Å². The highest BCUT2D eigenvalue weighted by Crippen LogP contribution is 2.32. The summed E-state index contributed by atoms with van der Waals surface area (Å²) in [6.07, 6.45) is 1.07. The summed E-state index contributed by atoms with van der Waals surface area (Å²) in [6, 6.07) is 20.5. The van der Waals surface area contributed by atoms with Crippen molar-refractivity contribution in [3.05, 3.63) is 106 Å². The number of nitrogens with one attached hydrogen (secondary N) is 1. The molecule has 228 valence electrons. The number of halogens is 1. The van der Waals surface area contributed by atoms with Gasteiger partial charge in [0.25, 0.3) is 5.69 Å². The van der Waals surface area contributed by atoms with Gasteiger partial charge < -0.3 is 19.8 Å². The maximum atomic E-state index is 13.4. The first-order chi connectivity index (χ1) is 21.4. The van der Waals surface area contributed by atoms with Gasteiger partial charge in [0.15, 0.2) is 11.3 Å². The Bertz CT molecular complexity index is 1720. The summed E-state index contributed by atoms with van der Waals surface area (Å²) < 4.78 is 2.38. The number of aromatic amines is 1. The third-order valence-corrected chi connectivity index (χ3v) is 7.98. The number of pyridine rings is 1. The lowest BCUT2D eigenvalue weighted by Gasteiger charge is -2.20. The first-order valence-electron chi connectivity index (χ1n) is 14.7. The van der Waals surface area contributed by atoms with Crippen LogP contribution in [-0.4, -0.2) is 59.2 Å². The van der Waals surface area contributed by atoms with E-state index in [-0.39, 0.29) is 16.5 Å². The van der Waals surface area contributed by atoms with Crippen LogP contribution in [0.15, 0.2) is 66.7 Å². The maximum Gasteiger partial charge on any atom is 0.319 e. The minimum atomic E-state index is -1.41. The fraction of sp³-hybridized carbons (Fsp3) is 0.312. The Hall–Kier alpha value is -4.61. The number of hydrogen-bond acceptors (Lipinski definition) is 7. The van der Waals surface area contributed by atoms with E-state index < -0.39 is 12.0 Å². The standard InChI is InChI=1S/C32H35ClN8O3/c1-4-7-15-27-34-30(33)28(29(42)25-13-10-14-26(41(25)44)32(43)39(5-2)6-3)40(27)20-21-16-18-22(19-17-21)23-11-8-9-12-24(23)31-35-37-38-36-31/h8-14,16-19,29,42H,4-7,15,20H2,1-3H3,(H,35,36,37,38). The molecule has 2 aromatic carbocycles. The van der Waals surface area contributed by atoms with Crippen molar-refractivity contribution in [3.8, 4) is 22.5 Å². The van der Waals surface area contributed by atoms with E-state index in [1.54, 1.807) is 11.0 Å². The Morgan fingerprint density at radius 2 is 1.77 bits per heavy atom. The number of rotatable bonds is 12. The molecule has 0 radical (unpaired) electrons. The quantitative estimate of drug-likeness (QED) is 0.149. The van der Waals surface area contributed by atoms with Crippen LogP contribution in [-0.2, 0) is 13.0 Å². The van der Waals surface area contributed by atoms with Crippen molar-refractivity contribution in [2.75, 3.05) is 13.1 Å². The highest BCUT2D eigenvalue weighted by Gasteiger charge is 2.31. The van der Waals surface area contributed by atoms with Crippen LogP contribution in [0, 0.1) is 5.21 Å². The highest BCUT2D eigenvalue weighted by molar-refractivity contribution is 6.30. The molecule has 5 rings (SSSR count). The fourth-order valence-electron chi connectivity index (χ4n) is 5.31. The summed E-state index contributed by atoms with van der Waals surface area (Å²) in [6.45, 7) is 7.09. The first-order valence-corrected chi connectivity index (χ1v) is 15.1. The van der Waals surface area contributed by atoms with Gasteiger partial charge in [0, 0.05) is 43.8 Å². The molecule has 5 aromatic rings. The smallest absolute Gasteiger partial charge is 0.319 e. The van der Waals surface area contributed by atoms with Crippen LogP contribution in [0.3, 0.4) is 0 Å². The molecule has 11 nitrogen and oxygen atoms in total. The predicted octanol–water partition coefficient (Wildman–Crippen LogP) is 4.97. The number of H-pyrrole nitrogens is 1. The Labute approximate surface area is 260 Å². The molecule has 0 aliphatic heterocycles. The second-order valence-electron chi connectivity index (χ2n) is 10.4. The number of hydrogen-bond donors (Lipinski definition) is 2. The molecule has 0 aliphatic carbocycles.